The molecule has 0 aromatic carbocycles. The van der Waals surface area contributed by atoms with Gasteiger partial charge in [0.1, 0.15) is 11.9 Å². The Morgan fingerprint density at radius 3 is 3.04 bits per heavy atom. The number of likely N-dealkylation sites (tertiary alicyclic amines) is 1. The fourth-order valence-corrected chi connectivity index (χ4v) is 3.18. The number of amides is 2. The highest BCUT2D eigenvalue weighted by molar-refractivity contribution is 5.74. The van der Waals surface area contributed by atoms with Gasteiger partial charge in [-0.15, -0.1) is 0 Å². The number of carbonyl (C=O) groups excluding carboxylic acids is 1. The van der Waals surface area contributed by atoms with Crippen molar-refractivity contribution < 1.29 is 14.3 Å². The molecule has 1 aromatic heterocycles. The van der Waals surface area contributed by atoms with Gasteiger partial charge >= 0.3 is 6.03 Å². The van der Waals surface area contributed by atoms with Gasteiger partial charge in [-0.2, -0.15) is 0 Å². The van der Waals surface area contributed by atoms with Crippen LogP contribution in [0.4, 0.5) is 4.79 Å². The summed E-state index contributed by atoms with van der Waals surface area (Å²) in [5, 5.41) is 15.9. The van der Waals surface area contributed by atoms with E-state index in [-0.39, 0.29) is 12.1 Å². The lowest BCUT2D eigenvalue weighted by Crippen LogP contribution is -2.49. The van der Waals surface area contributed by atoms with Gasteiger partial charge < -0.3 is 20.2 Å². The van der Waals surface area contributed by atoms with Crippen molar-refractivity contribution in [3.63, 3.8) is 0 Å². The van der Waals surface area contributed by atoms with Crippen molar-refractivity contribution in [2.24, 2.45) is 0 Å². The molecule has 1 aliphatic heterocycles. The van der Waals surface area contributed by atoms with Crippen molar-refractivity contribution >= 4 is 6.03 Å². The Kier molecular flexibility index (Phi) is 6.92. The van der Waals surface area contributed by atoms with Crippen LogP contribution in [0.2, 0.25) is 0 Å². The summed E-state index contributed by atoms with van der Waals surface area (Å²) >= 11 is 0. The Balaban J connectivity index is 1.69. The molecule has 1 fully saturated rings. The second-order valence-electron chi connectivity index (χ2n) is 6.30. The minimum absolute atomic E-state index is 0.135. The molecule has 0 bridgehead atoms. The van der Waals surface area contributed by atoms with Crippen LogP contribution >= 0.6 is 0 Å². The molecule has 1 aromatic rings. The minimum atomic E-state index is -0.700. The van der Waals surface area contributed by atoms with E-state index >= 15 is 0 Å². The fourth-order valence-electron chi connectivity index (χ4n) is 3.18. The largest absolute Gasteiger partial charge is 0.467 e. The lowest BCUT2D eigenvalue weighted by atomic mass is 10.0. The number of aliphatic hydroxyl groups excluding tert-OH is 1. The number of hydrogen-bond donors (Lipinski definition) is 3. The van der Waals surface area contributed by atoms with Crippen molar-refractivity contribution in [2.75, 3.05) is 19.6 Å². The summed E-state index contributed by atoms with van der Waals surface area (Å²) in [6.07, 6.45) is 4.88. The van der Waals surface area contributed by atoms with E-state index in [4.69, 9.17) is 4.42 Å². The second kappa shape index (κ2) is 8.93. The van der Waals surface area contributed by atoms with E-state index < -0.39 is 6.10 Å². The fraction of sp³-hybridized carbons (Fsp3) is 0.706. The third kappa shape index (κ3) is 5.55. The highest BCUT2D eigenvalue weighted by Gasteiger charge is 2.22. The van der Waals surface area contributed by atoms with Crippen LogP contribution in [0, 0.1) is 0 Å². The van der Waals surface area contributed by atoms with Crippen LogP contribution < -0.4 is 10.6 Å². The van der Waals surface area contributed by atoms with E-state index in [1.807, 2.05) is 6.92 Å². The smallest absolute Gasteiger partial charge is 0.315 e. The Morgan fingerprint density at radius 1 is 1.52 bits per heavy atom. The molecule has 6 nitrogen and oxygen atoms in total. The van der Waals surface area contributed by atoms with E-state index in [0.29, 0.717) is 24.8 Å². The zero-order chi connectivity index (χ0) is 16.7. The van der Waals surface area contributed by atoms with Gasteiger partial charge in [-0.1, -0.05) is 13.3 Å². The van der Waals surface area contributed by atoms with Gasteiger partial charge in [0, 0.05) is 25.0 Å². The number of furan rings is 1. The predicted octanol–water partition coefficient (Wildman–Crippen LogP) is 2.27. The number of rotatable bonds is 7. The molecule has 0 saturated carbocycles. The maximum Gasteiger partial charge on any atom is 0.315 e. The molecule has 2 rings (SSSR count). The summed E-state index contributed by atoms with van der Waals surface area (Å²) in [4.78, 5) is 14.4. The van der Waals surface area contributed by atoms with E-state index in [1.165, 1.54) is 19.1 Å². The Hall–Kier alpha value is -1.53. The van der Waals surface area contributed by atoms with Gasteiger partial charge in [-0.25, -0.2) is 4.79 Å². The van der Waals surface area contributed by atoms with Crippen molar-refractivity contribution in [1.82, 2.24) is 15.5 Å². The molecule has 3 atom stereocenters. The number of nitrogens with zero attached hydrogens (tertiary/aromatic N) is 1. The van der Waals surface area contributed by atoms with Crippen LogP contribution in [0.1, 0.15) is 51.4 Å². The first kappa shape index (κ1) is 17.8. The van der Waals surface area contributed by atoms with E-state index in [2.05, 4.69) is 22.5 Å². The summed E-state index contributed by atoms with van der Waals surface area (Å²) in [5.41, 5.74) is 0. The summed E-state index contributed by atoms with van der Waals surface area (Å²) in [7, 11) is 0. The molecule has 0 radical (unpaired) electrons. The molecule has 0 spiro atoms. The SMILES string of the molecule is CCN1CCCCC1CNC(=O)NC(C)CC(O)c1ccco1. The third-order valence-corrected chi connectivity index (χ3v) is 4.48. The standard InChI is InChI=1S/C17H29N3O3/c1-3-20-9-5-4-7-14(20)12-18-17(22)19-13(2)11-15(21)16-8-6-10-23-16/h6,8,10,13-15,21H,3-5,7,9,11-12H2,1-2H3,(H2,18,19,22). The molecule has 6 heteroatoms. The normalized spacial score (nSPS) is 21.6. The molecule has 2 amide bonds. The number of hydrogen-bond acceptors (Lipinski definition) is 4. The van der Waals surface area contributed by atoms with Gasteiger partial charge in [0.05, 0.1) is 6.26 Å². The number of piperidine rings is 1. The number of carbonyl (C=O) groups is 1. The topological polar surface area (TPSA) is 77.7 Å². The molecular formula is C17H29N3O3. The predicted molar refractivity (Wildman–Crippen MR) is 89.2 cm³/mol. The molecular weight excluding hydrogens is 294 g/mol. The highest BCUT2D eigenvalue weighted by atomic mass is 16.4. The minimum Gasteiger partial charge on any atom is -0.467 e. The summed E-state index contributed by atoms with van der Waals surface area (Å²) in [5.74, 6) is 0.528. The number of urea groups is 1. The van der Waals surface area contributed by atoms with Gasteiger partial charge in [0.15, 0.2) is 0 Å². The summed E-state index contributed by atoms with van der Waals surface area (Å²) in [6, 6.07) is 3.60. The Bertz CT molecular complexity index is 464. The molecule has 130 valence electrons. The van der Waals surface area contributed by atoms with Crippen molar-refractivity contribution in [3.05, 3.63) is 24.2 Å². The molecule has 23 heavy (non-hydrogen) atoms. The van der Waals surface area contributed by atoms with Crippen LogP contribution in [-0.2, 0) is 0 Å². The zero-order valence-corrected chi connectivity index (χ0v) is 14.1. The maximum absolute atomic E-state index is 12.0. The van der Waals surface area contributed by atoms with Crippen LogP contribution in [0.3, 0.4) is 0 Å². The van der Waals surface area contributed by atoms with Crippen LogP contribution in [0.25, 0.3) is 0 Å². The monoisotopic (exact) mass is 323 g/mol. The maximum atomic E-state index is 12.0. The van der Waals surface area contributed by atoms with E-state index in [0.717, 1.165) is 19.5 Å². The Morgan fingerprint density at radius 2 is 2.35 bits per heavy atom. The van der Waals surface area contributed by atoms with Crippen LogP contribution in [0.5, 0.6) is 0 Å². The van der Waals surface area contributed by atoms with Crippen LogP contribution in [0.15, 0.2) is 22.8 Å². The Labute approximate surface area is 138 Å². The van der Waals surface area contributed by atoms with Gasteiger partial charge in [0.25, 0.3) is 0 Å². The van der Waals surface area contributed by atoms with Crippen molar-refractivity contribution in [2.45, 2.75) is 57.7 Å². The van der Waals surface area contributed by atoms with E-state index in [9.17, 15) is 9.90 Å². The first-order valence-corrected chi connectivity index (χ1v) is 8.60. The molecule has 1 aliphatic rings. The third-order valence-electron chi connectivity index (χ3n) is 4.48. The average molecular weight is 323 g/mol. The van der Waals surface area contributed by atoms with E-state index in [1.54, 1.807) is 12.1 Å². The highest BCUT2D eigenvalue weighted by Crippen LogP contribution is 2.18. The molecule has 3 N–H and O–H groups in total. The molecule has 3 unspecified atom stereocenters. The zero-order valence-electron chi connectivity index (χ0n) is 14.1. The number of nitrogens with one attached hydrogen (secondary N) is 2. The first-order valence-electron chi connectivity index (χ1n) is 8.60. The first-order chi connectivity index (χ1) is 11.1. The van der Waals surface area contributed by atoms with Gasteiger partial charge in [0.2, 0.25) is 0 Å². The number of aliphatic hydroxyl groups is 1. The average Bonchev–Trinajstić information content (AvgIpc) is 3.07. The molecule has 1 saturated heterocycles. The van der Waals surface area contributed by atoms with Crippen LogP contribution in [-0.4, -0.2) is 47.8 Å². The van der Waals surface area contributed by atoms with Gasteiger partial charge in [-0.05, 0) is 45.0 Å². The summed E-state index contributed by atoms with van der Waals surface area (Å²) < 4.78 is 5.17. The second-order valence-corrected chi connectivity index (χ2v) is 6.30. The van der Waals surface area contributed by atoms with Crippen molar-refractivity contribution in [3.8, 4) is 0 Å². The summed E-state index contributed by atoms with van der Waals surface area (Å²) in [6.45, 7) is 6.87. The molecule has 0 aliphatic carbocycles. The number of likely N-dealkylation sites (N-methyl/N-ethyl adjacent to an activating group) is 1. The quantitative estimate of drug-likeness (QED) is 0.719. The lowest BCUT2D eigenvalue weighted by Gasteiger charge is -2.35. The molecule has 2 heterocycles. The van der Waals surface area contributed by atoms with Gasteiger partial charge in [-0.3, -0.25) is 4.90 Å². The lowest BCUT2D eigenvalue weighted by molar-refractivity contribution is 0.129. The van der Waals surface area contributed by atoms with Crippen molar-refractivity contribution in [1.29, 1.82) is 0 Å².